The van der Waals surface area contributed by atoms with Crippen molar-refractivity contribution in [2.75, 3.05) is 13.2 Å². The minimum absolute atomic E-state index is 0.103. The van der Waals surface area contributed by atoms with Gasteiger partial charge in [0.05, 0.1) is 16.8 Å². The summed E-state index contributed by atoms with van der Waals surface area (Å²) in [7, 11) is 0. The normalized spacial score (nSPS) is 12.6. The number of aliphatic hydroxyl groups is 1. The maximum atomic E-state index is 13.1. The molecule has 0 aliphatic carbocycles. The highest BCUT2D eigenvalue weighted by Gasteiger charge is 2.11. The van der Waals surface area contributed by atoms with E-state index in [1.54, 1.807) is 23.5 Å². The summed E-state index contributed by atoms with van der Waals surface area (Å²) in [4.78, 5) is 4.54. The first kappa shape index (κ1) is 15.4. The molecule has 0 aliphatic rings. The van der Waals surface area contributed by atoms with Gasteiger partial charge in [-0.05, 0) is 38.1 Å². The molecule has 1 aromatic heterocycles. The number of halogens is 2. The molecule has 0 unspecified atom stereocenters. The minimum atomic E-state index is -0.426. The molecule has 2 aromatic rings. The first-order valence-electron chi connectivity index (χ1n) is 6.37. The Hall–Kier alpha value is -1.01. The molecular weight excluding hydrogens is 299 g/mol. The van der Waals surface area contributed by atoms with Crippen molar-refractivity contribution in [1.82, 2.24) is 10.3 Å². The molecule has 0 bridgehead atoms. The second-order valence-corrected chi connectivity index (χ2v) is 5.75. The van der Waals surface area contributed by atoms with Crippen molar-refractivity contribution >= 4 is 22.9 Å². The molecule has 20 heavy (non-hydrogen) atoms. The second kappa shape index (κ2) is 7.13. The van der Waals surface area contributed by atoms with Crippen molar-refractivity contribution in [2.45, 2.75) is 19.4 Å². The first-order valence-corrected chi connectivity index (χ1v) is 7.62. The Morgan fingerprint density at radius 3 is 3.00 bits per heavy atom. The molecule has 0 radical (unpaired) electrons. The van der Waals surface area contributed by atoms with Gasteiger partial charge in [-0.3, -0.25) is 0 Å². The number of thiazole rings is 1. The van der Waals surface area contributed by atoms with Gasteiger partial charge in [0.15, 0.2) is 0 Å². The molecule has 1 aromatic carbocycles. The maximum Gasteiger partial charge on any atom is 0.141 e. The lowest BCUT2D eigenvalue weighted by atomic mass is 10.2. The zero-order valence-corrected chi connectivity index (χ0v) is 12.6. The van der Waals surface area contributed by atoms with Gasteiger partial charge in [-0.2, -0.15) is 0 Å². The van der Waals surface area contributed by atoms with Crippen LogP contribution in [0.5, 0.6) is 0 Å². The fourth-order valence-corrected chi connectivity index (χ4v) is 2.80. The van der Waals surface area contributed by atoms with Crippen LogP contribution in [0, 0.1) is 5.82 Å². The highest BCUT2D eigenvalue weighted by molar-refractivity contribution is 7.10. The molecule has 0 fully saturated rings. The number of aromatic nitrogens is 1. The van der Waals surface area contributed by atoms with Crippen LogP contribution >= 0.6 is 22.9 Å². The Morgan fingerprint density at radius 2 is 2.30 bits per heavy atom. The number of rotatable bonds is 6. The van der Waals surface area contributed by atoms with Crippen molar-refractivity contribution in [1.29, 1.82) is 0 Å². The molecule has 1 atom stereocenters. The van der Waals surface area contributed by atoms with Crippen LogP contribution in [0.3, 0.4) is 0 Å². The monoisotopic (exact) mass is 314 g/mol. The van der Waals surface area contributed by atoms with Crippen LogP contribution in [0.2, 0.25) is 5.02 Å². The van der Waals surface area contributed by atoms with Crippen LogP contribution in [0.1, 0.15) is 24.4 Å². The van der Waals surface area contributed by atoms with Gasteiger partial charge in [0.25, 0.3) is 0 Å². The van der Waals surface area contributed by atoms with E-state index in [-0.39, 0.29) is 17.7 Å². The van der Waals surface area contributed by atoms with E-state index in [9.17, 15) is 4.39 Å². The fourth-order valence-electron chi connectivity index (χ4n) is 1.76. The molecule has 2 rings (SSSR count). The average Bonchev–Trinajstić information content (AvgIpc) is 2.92. The van der Waals surface area contributed by atoms with Crippen LogP contribution in [-0.4, -0.2) is 23.2 Å². The van der Waals surface area contributed by atoms with Crippen molar-refractivity contribution in [2.24, 2.45) is 0 Å². The van der Waals surface area contributed by atoms with Crippen LogP contribution in [-0.2, 0) is 0 Å². The average molecular weight is 315 g/mol. The van der Waals surface area contributed by atoms with E-state index in [0.29, 0.717) is 0 Å². The number of hydrogen-bond acceptors (Lipinski definition) is 4. The van der Waals surface area contributed by atoms with Gasteiger partial charge in [0.2, 0.25) is 0 Å². The van der Waals surface area contributed by atoms with E-state index in [2.05, 4.69) is 10.3 Å². The summed E-state index contributed by atoms with van der Waals surface area (Å²) in [5, 5.41) is 15.0. The molecule has 3 nitrogen and oxygen atoms in total. The van der Waals surface area contributed by atoms with E-state index in [1.807, 2.05) is 12.3 Å². The van der Waals surface area contributed by atoms with Gasteiger partial charge in [-0.1, -0.05) is 11.6 Å². The van der Waals surface area contributed by atoms with Crippen LogP contribution in [0.4, 0.5) is 4.39 Å². The quantitative estimate of drug-likeness (QED) is 0.800. The highest BCUT2D eigenvalue weighted by atomic mass is 35.5. The van der Waals surface area contributed by atoms with E-state index < -0.39 is 5.82 Å². The standard InChI is InChI=1S/C14H16ClFN2OS/c1-9(17-5-2-6-19)14-18-13(8-20-14)10-3-4-12(16)11(15)7-10/h3-4,7-9,17,19H,2,5-6H2,1H3/t9-/m1/s1. The van der Waals surface area contributed by atoms with Gasteiger partial charge in [0.1, 0.15) is 10.8 Å². The van der Waals surface area contributed by atoms with E-state index >= 15 is 0 Å². The summed E-state index contributed by atoms with van der Waals surface area (Å²) in [5.74, 6) is -0.426. The number of nitrogens with one attached hydrogen (secondary N) is 1. The summed E-state index contributed by atoms with van der Waals surface area (Å²) in [5.41, 5.74) is 1.60. The Bertz CT molecular complexity index is 576. The van der Waals surface area contributed by atoms with Gasteiger partial charge in [-0.25, -0.2) is 9.37 Å². The zero-order chi connectivity index (χ0) is 14.5. The van der Waals surface area contributed by atoms with Crippen molar-refractivity contribution in [3.8, 4) is 11.3 Å². The Morgan fingerprint density at radius 1 is 1.50 bits per heavy atom. The summed E-state index contributed by atoms with van der Waals surface area (Å²) >= 11 is 7.33. The van der Waals surface area contributed by atoms with E-state index in [1.165, 1.54) is 6.07 Å². The second-order valence-electron chi connectivity index (χ2n) is 4.45. The predicted octanol–water partition coefficient (Wildman–Crippen LogP) is 3.64. The number of hydrogen-bond donors (Lipinski definition) is 2. The Balaban J connectivity index is 2.09. The molecule has 0 aliphatic heterocycles. The Labute approximate surface area is 126 Å². The lowest BCUT2D eigenvalue weighted by Crippen LogP contribution is -2.20. The summed E-state index contributed by atoms with van der Waals surface area (Å²) in [6.07, 6.45) is 0.718. The van der Waals surface area contributed by atoms with Crippen molar-refractivity contribution in [3.05, 3.63) is 39.4 Å². The maximum absolute atomic E-state index is 13.1. The van der Waals surface area contributed by atoms with Gasteiger partial charge in [-0.15, -0.1) is 11.3 Å². The molecule has 2 N–H and O–H groups in total. The van der Waals surface area contributed by atoms with Crippen molar-refractivity contribution in [3.63, 3.8) is 0 Å². The molecule has 0 saturated carbocycles. The van der Waals surface area contributed by atoms with Crippen LogP contribution in [0.25, 0.3) is 11.3 Å². The van der Waals surface area contributed by atoms with Crippen molar-refractivity contribution < 1.29 is 9.50 Å². The predicted molar refractivity (Wildman–Crippen MR) is 80.6 cm³/mol. The van der Waals surface area contributed by atoms with Gasteiger partial charge < -0.3 is 10.4 Å². The molecule has 0 spiro atoms. The highest BCUT2D eigenvalue weighted by Crippen LogP contribution is 2.28. The SMILES string of the molecule is C[C@@H](NCCCO)c1nc(-c2ccc(F)c(Cl)c2)cs1. The Kier molecular flexibility index (Phi) is 5.48. The molecule has 1 heterocycles. The van der Waals surface area contributed by atoms with E-state index in [0.717, 1.165) is 29.2 Å². The van der Waals surface area contributed by atoms with E-state index in [4.69, 9.17) is 16.7 Å². The topological polar surface area (TPSA) is 45.1 Å². The molecule has 0 amide bonds. The number of nitrogens with zero attached hydrogens (tertiary/aromatic N) is 1. The van der Waals surface area contributed by atoms with Crippen LogP contribution in [0.15, 0.2) is 23.6 Å². The lowest BCUT2D eigenvalue weighted by molar-refractivity contribution is 0.284. The number of benzene rings is 1. The van der Waals surface area contributed by atoms with Gasteiger partial charge in [0, 0.05) is 17.6 Å². The largest absolute Gasteiger partial charge is 0.396 e. The smallest absolute Gasteiger partial charge is 0.141 e. The fraction of sp³-hybridized carbons (Fsp3) is 0.357. The first-order chi connectivity index (χ1) is 9.61. The van der Waals surface area contributed by atoms with Crippen LogP contribution < -0.4 is 5.32 Å². The molecule has 6 heteroatoms. The summed E-state index contributed by atoms with van der Waals surface area (Å²) in [6.45, 7) is 2.95. The molecule has 108 valence electrons. The number of aliphatic hydroxyl groups excluding tert-OH is 1. The third kappa shape index (κ3) is 3.76. The lowest BCUT2D eigenvalue weighted by Gasteiger charge is -2.09. The summed E-state index contributed by atoms with van der Waals surface area (Å²) < 4.78 is 13.1. The minimum Gasteiger partial charge on any atom is -0.396 e. The molecule has 0 saturated heterocycles. The molecular formula is C14H16ClFN2OS. The van der Waals surface area contributed by atoms with Gasteiger partial charge >= 0.3 is 0 Å². The zero-order valence-electron chi connectivity index (χ0n) is 11.1. The third-order valence-electron chi connectivity index (χ3n) is 2.89. The third-order valence-corrected chi connectivity index (χ3v) is 4.21. The summed E-state index contributed by atoms with van der Waals surface area (Å²) in [6, 6.07) is 4.72.